The fourth-order valence-corrected chi connectivity index (χ4v) is 6.22. The van der Waals surface area contributed by atoms with Gasteiger partial charge in [0, 0.05) is 11.3 Å². The number of aliphatic hydroxyl groups is 1. The van der Waals surface area contributed by atoms with E-state index in [-0.39, 0.29) is 33.5 Å². The lowest BCUT2D eigenvalue weighted by atomic mass is 9.64. The summed E-state index contributed by atoms with van der Waals surface area (Å²) in [6, 6.07) is 11.8. The number of aliphatic hydroxyl groups excluding tert-OH is 1. The summed E-state index contributed by atoms with van der Waals surface area (Å²) in [4.78, 5) is 26.5. The average molecular weight is 556 g/mol. The van der Waals surface area contributed by atoms with Crippen LogP contribution in [0.5, 0.6) is 0 Å². The van der Waals surface area contributed by atoms with E-state index in [1.165, 1.54) is 6.07 Å². The zero-order chi connectivity index (χ0) is 28.8. The molecular formula is C29H37N3O6S. The van der Waals surface area contributed by atoms with Gasteiger partial charge in [0.2, 0.25) is 0 Å². The highest BCUT2D eigenvalue weighted by Crippen LogP contribution is 2.57. The van der Waals surface area contributed by atoms with Crippen LogP contribution in [0.2, 0.25) is 0 Å². The minimum atomic E-state index is -3.79. The van der Waals surface area contributed by atoms with Crippen LogP contribution in [-0.4, -0.2) is 37.5 Å². The van der Waals surface area contributed by atoms with Gasteiger partial charge in [-0.2, -0.15) is 0 Å². The predicted molar refractivity (Wildman–Crippen MR) is 156 cm³/mol. The van der Waals surface area contributed by atoms with Gasteiger partial charge in [-0.3, -0.25) is 19.2 Å². The Balaban J connectivity index is 1.75. The van der Waals surface area contributed by atoms with E-state index in [0.29, 0.717) is 30.0 Å². The normalized spacial score (nSPS) is 20.9. The van der Waals surface area contributed by atoms with Gasteiger partial charge in [-0.15, -0.1) is 4.40 Å². The van der Waals surface area contributed by atoms with Gasteiger partial charge in [0.15, 0.2) is 11.6 Å². The standard InChI is InChI=1S/C29H37N3O6S/c1-7-29(15-14-17(2)3)20-11-9-8-10-19(20)24(33)23(25(29)34)26-31-21-13-12-18(16-22(21)39(36,37)32-26)30-27(35)38-28(4,5)6/h8-13,16-17,33,36-37H,7,14-15H2,1-6H3,(H,30,35)(H,31,32). The van der Waals surface area contributed by atoms with Crippen LogP contribution < -0.4 is 10.6 Å². The maximum absolute atomic E-state index is 14.2. The number of Topliss-reactive ketones (excluding diaryl/α,β-unsaturated/α-hetero) is 1. The molecule has 1 aliphatic heterocycles. The van der Waals surface area contributed by atoms with Gasteiger partial charge >= 0.3 is 6.09 Å². The Labute approximate surface area is 230 Å². The Morgan fingerprint density at radius 1 is 1.18 bits per heavy atom. The number of hydrogen-bond acceptors (Lipinski definition) is 8. The van der Waals surface area contributed by atoms with Crippen molar-refractivity contribution in [2.75, 3.05) is 10.6 Å². The highest BCUT2D eigenvalue weighted by Gasteiger charge is 2.48. The monoisotopic (exact) mass is 555 g/mol. The number of carbonyl (C=O) groups excluding carboxylic acids is 2. The smallest absolute Gasteiger partial charge is 0.412 e. The van der Waals surface area contributed by atoms with Gasteiger partial charge in [-0.05, 0) is 69.7 Å². The van der Waals surface area contributed by atoms with E-state index in [0.717, 1.165) is 12.0 Å². The zero-order valence-corrected chi connectivity index (χ0v) is 24.0. The predicted octanol–water partition coefficient (Wildman–Crippen LogP) is 7.52. The molecule has 0 fully saturated rings. The number of benzene rings is 2. The molecule has 1 unspecified atom stereocenters. The molecule has 1 amide bonds. The van der Waals surface area contributed by atoms with Crippen molar-refractivity contribution in [1.29, 1.82) is 0 Å². The fourth-order valence-electron chi connectivity index (χ4n) is 5.03. The number of fused-ring (bicyclic) bond motifs is 2. The van der Waals surface area contributed by atoms with Crippen LogP contribution in [0.4, 0.5) is 16.2 Å². The first-order chi connectivity index (χ1) is 18.2. The number of nitrogens with one attached hydrogen (secondary N) is 2. The molecule has 4 rings (SSSR count). The van der Waals surface area contributed by atoms with Crippen LogP contribution in [0, 0.1) is 5.92 Å². The molecule has 5 N–H and O–H groups in total. The summed E-state index contributed by atoms with van der Waals surface area (Å²) < 4.78 is 31.5. The lowest BCUT2D eigenvalue weighted by Gasteiger charge is -2.40. The number of amidine groups is 1. The number of ketones is 1. The molecule has 210 valence electrons. The third-order valence-electron chi connectivity index (χ3n) is 6.98. The van der Waals surface area contributed by atoms with Crippen molar-refractivity contribution in [2.45, 2.75) is 76.7 Å². The summed E-state index contributed by atoms with van der Waals surface area (Å²) >= 11 is 0. The van der Waals surface area contributed by atoms with E-state index in [1.807, 2.05) is 19.1 Å². The molecule has 0 aromatic heterocycles. The van der Waals surface area contributed by atoms with Gasteiger partial charge in [0.1, 0.15) is 21.8 Å². The number of amides is 1. The molecule has 0 radical (unpaired) electrons. The lowest BCUT2D eigenvalue weighted by molar-refractivity contribution is -0.121. The minimum absolute atomic E-state index is 0.0464. The Morgan fingerprint density at radius 3 is 2.51 bits per heavy atom. The summed E-state index contributed by atoms with van der Waals surface area (Å²) in [5, 5.41) is 16.9. The Morgan fingerprint density at radius 2 is 1.87 bits per heavy atom. The van der Waals surface area contributed by atoms with E-state index >= 15 is 0 Å². The molecule has 2 aromatic carbocycles. The van der Waals surface area contributed by atoms with E-state index < -0.39 is 27.9 Å². The third kappa shape index (κ3) is 5.54. The van der Waals surface area contributed by atoms with Crippen LogP contribution >= 0.6 is 10.8 Å². The number of carbonyl (C=O) groups is 2. The Kier molecular flexibility index (Phi) is 7.59. The van der Waals surface area contributed by atoms with E-state index in [2.05, 4.69) is 28.9 Å². The maximum atomic E-state index is 14.2. The van der Waals surface area contributed by atoms with Crippen LogP contribution in [0.15, 0.2) is 57.3 Å². The topological polar surface area (TPSA) is 140 Å². The molecule has 0 spiro atoms. The summed E-state index contributed by atoms with van der Waals surface area (Å²) in [6.07, 6.45) is 1.19. The Hall–Kier alpha value is -3.34. The molecule has 1 atom stereocenters. The van der Waals surface area contributed by atoms with Gasteiger partial charge < -0.3 is 15.2 Å². The van der Waals surface area contributed by atoms with Crippen molar-refractivity contribution in [3.63, 3.8) is 0 Å². The maximum Gasteiger partial charge on any atom is 0.412 e. The molecule has 10 heteroatoms. The van der Waals surface area contributed by atoms with E-state index in [1.54, 1.807) is 45.0 Å². The number of hydrogen-bond donors (Lipinski definition) is 5. The first kappa shape index (κ1) is 28.7. The SMILES string of the molecule is CCC1(CCC(C)C)C(=O)C(C2=NS(O)(O)c3cc(NC(=O)OC(C)(C)C)ccc3N2)=C(O)c2ccccc21. The van der Waals surface area contributed by atoms with Crippen molar-refractivity contribution in [2.24, 2.45) is 10.3 Å². The molecule has 0 bridgehead atoms. The molecule has 2 aromatic rings. The zero-order valence-electron chi connectivity index (χ0n) is 23.2. The first-order valence-corrected chi connectivity index (χ1v) is 14.6. The second-order valence-electron chi connectivity index (χ2n) is 11.4. The van der Waals surface area contributed by atoms with E-state index in [4.69, 9.17) is 4.74 Å². The number of rotatable bonds is 6. The lowest BCUT2D eigenvalue weighted by Crippen LogP contribution is -2.44. The van der Waals surface area contributed by atoms with Gasteiger partial charge in [0.05, 0.1) is 11.1 Å². The van der Waals surface area contributed by atoms with Crippen LogP contribution in [0.1, 0.15) is 71.9 Å². The van der Waals surface area contributed by atoms with Gasteiger partial charge in [-0.25, -0.2) is 4.79 Å². The second-order valence-corrected chi connectivity index (χ2v) is 13.0. The molecule has 0 saturated carbocycles. The molecular weight excluding hydrogens is 518 g/mol. The van der Waals surface area contributed by atoms with Gasteiger partial charge in [-0.1, -0.05) is 55.8 Å². The quantitative estimate of drug-likeness (QED) is 0.248. The van der Waals surface area contributed by atoms with Gasteiger partial charge in [0.25, 0.3) is 0 Å². The molecule has 39 heavy (non-hydrogen) atoms. The third-order valence-corrected chi connectivity index (χ3v) is 8.34. The van der Waals surface area contributed by atoms with Crippen molar-refractivity contribution >= 4 is 45.6 Å². The van der Waals surface area contributed by atoms with Crippen molar-refractivity contribution in [3.05, 3.63) is 59.2 Å². The summed E-state index contributed by atoms with van der Waals surface area (Å²) in [5.74, 6) is -0.300. The van der Waals surface area contributed by atoms with Crippen molar-refractivity contribution in [3.8, 4) is 0 Å². The first-order valence-electron chi connectivity index (χ1n) is 13.1. The van der Waals surface area contributed by atoms with Crippen LogP contribution in [0.25, 0.3) is 5.76 Å². The molecule has 1 heterocycles. The van der Waals surface area contributed by atoms with Crippen molar-refractivity contribution in [1.82, 2.24) is 0 Å². The summed E-state index contributed by atoms with van der Waals surface area (Å²) in [7, 11) is -3.79. The molecule has 0 saturated heterocycles. The largest absolute Gasteiger partial charge is 0.506 e. The highest BCUT2D eigenvalue weighted by atomic mass is 32.3. The molecule has 1 aliphatic carbocycles. The Bertz CT molecular complexity index is 1380. The number of ether oxygens (including phenoxy) is 1. The van der Waals surface area contributed by atoms with Crippen LogP contribution in [0.3, 0.4) is 0 Å². The number of anilines is 2. The molecule has 2 aliphatic rings. The van der Waals surface area contributed by atoms with Crippen molar-refractivity contribution < 1.29 is 28.5 Å². The van der Waals surface area contributed by atoms with Crippen LogP contribution in [-0.2, 0) is 14.9 Å². The molecule has 9 nitrogen and oxygen atoms in total. The number of nitrogens with zero attached hydrogens (tertiary/aromatic N) is 1. The summed E-state index contributed by atoms with van der Waals surface area (Å²) in [6.45, 7) is 11.4. The fraction of sp³-hybridized carbons (Fsp3) is 0.414. The average Bonchev–Trinajstić information content (AvgIpc) is 2.83. The minimum Gasteiger partial charge on any atom is -0.506 e. The highest BCUT2D eigenvalue weighted by molar-refractivity contribution is 8.23. The van der Waals surface area contributed by atoms with E-state index in [9.17, 15) is 23.8 Å². The summed E-state index contributed by atoms with van der Waals surface area (Å²) in [5.41, 5.74) is 0.212. The second kappa shape index (κ2) is 10.3.